The Balaban J connectivity index is 1.78. The van der Waals surface area contributed by atoms with Gasteiger partial charge in [-0.2, -0.15) is 0 Å². The predicted octanol–water partition coefficient (Wildman–Crippen LogP) is 0.862. The molecule has 0 radical (unpaired) electrons. The number of hydrogen-bond donors (Lipinski definition) is 1. The minimum Gasteiger partial charge on any atom is -0.380 e. The van der Waals surface area contributed by atoms with Gasteiger partial charge in [0.2, 0.25) is 0 Å². The fourth-order valence-electron chi connectivity index (χ4n) is 1.44. The minimum atomic E-state index is 0.477. The Morgan fingerprint density at radius 1 is 1.69 bits per heavy atom. The molecule has 0 aliphatic carbocycles. The van der Waals surface area contributed by atoms with Gasteiger partial charge < -0.3 is 14.6 Å². The molecule has 1 aliphatic heterocycles. The van der Waals surface area contributed by atoms with Crippen molar-refractivity contribution < 1.29 is 9.26 Å². The lowest BCUT2D eigenvalue weighted by molar-refractivity contribution is 0.189. The molecule has 4 heteroatoms. The zero-order valence-electron chi connectivity index (χ0n) is 7.75. The molecule has 1 unspecified atom stereocenters. The molecular weight excluding hydrogens is 168 g/mol. The number of ether oxygens (including phenoxy) is 1. The van der Waals surface area contributed by atoms with Crippen LogP contribution in [0.4, 0.5) is 0 Å². The van der Waals surface area contributed by atoms with Gasteiger partial charge in [-0.05, 0) is 13.3 Å². The fourth-order valence-corrected chi connectivity index (χ4v) is 1.44. The summed E-state index contributed by atoms with van der Waals surface area (Å²) >= 11 is 0. The van der Waals surface area contributed by atoms with E-state index in [0.29, 0.717) is 6.04 Å². The van der Waals surface area contributed by atoms with Crippen LogP contribution in [0.1, 0.15) is 17.9 Å². The third kappa shape index (κ3) is 2.29. The number of hydrogen-bond acceptors (Lipinski definition) is 4. The van der Waals surface area contributed by atoms with Crippen LogP contribution in [-0.4, -0.2) is 24.4 Å². The molecule has 1 aromatic rings. The van der Waals surface area contributed by atoms with Crippen LogP contribution in [-0.2, 0) is 11.3 Å². The summed E-state index contributed by atoms with van der Waals surface area (Å²) < 4.78 is 10.3. The molecule has 4 nitrogen and oxygen atoms in total. The van der Waals surface area contributed by atoms with E-state index in [1.807, 2.05) is 13.0 Å². The van der Waals surface area contributed by atoms with Gasteiger partial charge in [-0.25, -0.2) is 0 Å². The standard InChI is InChI=1S/C9H14N2O2/c1-7-4-9(13-11-7)5-10-8-2-3-12-6-8/h4,8,10H,2-3,5-6H2,1H3. The Morgan fingerprint density at radius 3 is 3.23 bits per heavy atom. The van der Waals surface area contributed by atoms with E-state index in [1.54, 1.807) is 0 Å². The van der Waals surface area contributed by atoms with Gasteiger partial charge in [0.25, 0.3) is 0 Å². The summed E-state index contributed by atoms with van der Waals surface area (Å²) in [4.78, 5) is 0. The van der Waals surface area contributed by atoms with E-state index in [1.165, 1.54) is 0 Å². The van der Waals surface area contributed by atoms with Gasteiger partial charge in [-0.15, -0.1) is 0 Å². The maximum absolute atomic E-state index is 5.24. The first kappa shape index (κ1) is 8.72. The molecule has 72 valence electrons. The molecule has 13 heavy (non-hydrogen) atoms. The van der Waals surface area contributed by atoms with E-state index >= 15 is 0 Å². The second kappa shape index (κ2) is 3.89. The number of aryl methyl sites for hydroxylation is 1. The molecule has 0 bridgehead atoms. The number of nitrogens with one attached hydrogen (secondary N) is 1. The molecule has 1 aliphatic rings. The number of rotatable bonds is 3. The lowest BCUT2D eigenvalue weighted by atomic mass is 10.2. The minimum absolute atomic E-state index is 0.477. The Bertz CT molecular complexity index is 266. The average Bonchev–Trinajstić information content (AvgIpc) is 2.71. The highest BCUT2D eigenvalue weighted by Crippen LogP contribution is 2.06. The van der Waals surface area contributed by atoms with Gasteiger partial charge in [-0.3, -0.25) is 0 Å². The smallest absolute Gasteiger partial charge is 0.150 e. The molecule has 1 N–H and O–H groups in total. The van der Waals surface area contributed by atoms with Crippen molar-refractivity contribution >= 4 is 0 Å². The van der Waals surface area contributed by atoms with Crippen LogP contribution in [0.15, 0.2) is 10.6 Å². The SMILES string of the molecule is Cc1cc(CNC2CCOC2)on1. The molecule has 0 aromatic carbocycles. The Hall–Kier alpha value is -0.870. The summed E-state index contributed by atoms with van der Waals surface area (Å²) in [5.41, 5.74) is 0.930. The fraction of sp³-hybridized carbons (Fsp3) is 0.667. The first-order valence-corrected chi connectivity index (χ1v) is 4.58. The van der Waals surface area contributed by atoms with Crippen molar-refractivity contribution in [3.05, 3.63) is 17.5 Å². The van der Waals surface area contributed by atoms with E-state index < -0.39 is 0 Å². The maximum atomic E-state index is 5.24. The lowest BCUT2D eigenvalue weighted by Gasteiger charge is -2.07. The van der Waals surface area contributed by atoms with Gasteiger partial charge in [0, 0.05) is 18.7 Å². The Labute approximate surface area is 77.2 Å². The second-order valence-corrected chi connectivity index (χ2v) is 3.38. The first-order valence-electron chi connectivity index (χ1n) is 4.58. The quantitative estimate of drug-likeness (QED) is 0.753. The van der Waals surface area contributed by atoms with Crippen molar-refractivity contribution in [2.75, 3.05) is 13.2 Å². The topological polar surface area (TPSA) is 47.3 Å². The van der Waals surface area contributed by atoms with Crippen molar-refractivity contribution in [2.45, 2.75) is 25.9 Å². The van der Waals surface area contributed by atoms with Crippen LogP contribution < -0.4 is 5.32 Å². The van der Waals surface area contributed by atoms with E-state index in [9.17, 15) is 0 Å². The third-order valence-corrected chi connectivity index (χ3v) is 2.17. The van der Waals surface area contributed by atoms with Gasteiger partial charge in [-0.1, -0.05) is 5.16 Å². The van der Waals surface area contributed by atoms with Crippen LogP contribution in [0.25, 0.3) is 0 Å². The van der Waals surface area contributed by atoms with Gasteiger partial charge in [0.1, 0.15) is 0 Å². The zero-order chi connectivity index (χ0) is 9.10. The van der Waals surface area contributed by atoms with Crippen LogP contribution in [0.3, 0.4) is 0 Å². The number of aromatic nitrogens is 1. The van der Waals surface area contributed by atoms with E-state index in [0.717, 1.165) is 37.6 Å². The molecule has 2 heterocycles. The second-order valence-electron chi connectivity index (χ2n) is 3.38. The molecule has 2 rings (SSSR count). The van der Waals surface area contributed by atoms with Crippen LogP contribution >= 0.6 is 0 Å². The van der Waals surface area contributed by atoms with Crippen LogP contribution in [0.2, 0.25) is 0 Å². The van der Waals surface area contributed by atoms with Crippen molar-refractivity contribution in [2.24, 2.45) is 0 Å². The normalized spacial score (nSPS) is 22.4. The van der Waals surface area contributed by atoms with Crippen molar-refractivity contribution in [3.63, 3.8) is 0 Å². The van der Waals surface area contributed by atoms with Crippen molar-refractivity contribution in [1.82, 2.24) is 10.5 Å². The summed E-state index contributed by atoms with van der Waals surface area (Å²) in [6, 6.07) is 2.42. The predicted molar refractivity (Wildman–Crippen MR) is 47.3 cm³/mol. The highest BCUT2D eigenvalue weighted by Gasteiger charge is 2.15. The van der Waals surface area contributed by atoms with Crippen LogP contribution in [0.5, 0.6) is 0 Å². The van der Waals surface area contributed by atoms with Crippen molar-refractivity contribution in [3.8, 4) is 0 Å². The zero-order valence-corrected chi connectivity index (χ0v) is 7.75. The summed E-state index contributed by atoms with van der Waals surface area (Å²) in [7, 11) is 0. The summed E-state index contributed by atoms with van der Waals surface area (Å²) in [6.07, 6.45) is 1.09. The molecule has 0 spiro atoms. The summed E-state index contributed by atoms with van der Waals surface area (Å²) in [6.45, 7) is 4.35. The lowest BCUT2D eigenvalue weighted by Crippen LogP contribution is -2.28. The highest BCUT2D eigenvalue weighted by atomic mass is 16.5. The van der Waals surface area contributed by atoms with Gasteiger partial charge in [0.05, 0.1) is 18.8 Å². The van der Waals surface area contributed by atoms with Crippen LogP contribution in [0, 0.1) is 6.92 Å². The molecule has 1 saturated heterocycles. The Morgan fingerprint density at radius 2 is 2.62 bits per heavy atom. The first-order chi connectivity index (χ1) is 6.34. The molecule has 1 aromatic heterocycles. The van der Waals surface area contributed by atoms with E-state index in [4.69, 9.17) is 9.26 Å². The molecule has 0 amide bonds. The third-order valence-electron chi connectivity index (χ3n) is 2.17. The largest absolute Gasteiger partial charge is 0.380 e. The average molecular weight is 182 g/mol. The molecule has 0 saturated carbocycles. The highest BCUT2D eigenvalue weighted by molar-refractivity contribution is 5.02. The molecule has 1 fully saturated rings. The summed E-state index contributed by atoms with van der Waals surface area (Å²) in [5, 5.41) is 7.17. The number of nitrogens with zero attached hydrogens (tertiary/aromatic N) is 1. The monoisotopic (exact) mass is 182 g/mol. The van der Waals surface area contributed by atoms with Gasteiger partial charge >= 0.3 is 0 Å². The van der Waals surface area contributed by atoms with Crippen molar-refractivity contribution in [1.29, 1.82) is 0 Å². The van der Waals surface area contributed by atoms with Gasteiger partial charge in [0.15, 0.2) is 5.76 Å². The Kier molecular flexibility index (Phi) is 2.61. The molecule has 1 atom stereocenters. The van der Waals surface area contributed by atoms with E-state index in [-0.39, 0.29) is 0 Å². The summed E-state index contributed by atoms with van der Waals surface area (Å²) in [5.74, 6) is 0.893. The van der Waals surface area contributed by atoms with E-state index in [2.05, 4.69) is 10.5 Å². The molecular formula is C9H14N2O2. The maximum Gasteiger partial charge on any atom is 0.150 e.